The molecule has 0 unspecified atom stereocenters. The zero-order chi connectivity index (χ0) is 20.6. The SMILES string of the molecule is CCc1nnc(SCc2ccccc2)n1NC(=S)NC(=O)c1cccc(OC)c1. The van der Waals surface area contributed by atoms with E-state index in [-0.39, 0.29) is 11.0 Å². The van der Waals surface area contributed by atoms with E-state index in [9.17, 15) is 4.79 Å². The standard InChI is InChI=1S/C20H21N5O2S2/c1-3-17-22-23-20(29-13-14-8-5-4-6-9-14)25(17)24-19(28)21-18(26)15-10-7-11-16(12-15)27-2/h4-12H,3,13H2,1-2H3,(H2,21,24,26,28). The first-order valence-electron chi connectivity index (χ1n) is 8.98. The molecule has 1 amide bonds. The smallest absolute Gasteiger partial charge is 0.257 e. The van der Waals surface area contributed by atoms with Crippen LogP contribution in [0.3, 0.4) is 0 Å². The highest BCUT2D eigenvalue weighted by molar-refractivity contribution is 7.98. The van der Waals surface area contributed by atoms with Crippen molar-refractivity contribution < 1.29 is 9.53 Å². The minimum Gasteiger partial charge on any atom is -0.497 e. The zero-order valence-electron chi connectivity index (χ0n) is 16.1. The largest absolute Gasteiger partial charge is 0.497 e. The molecule has 0 aliphatic carbocycles. The minimum atomic E-state index is -0.328. The molecule has 0 bridgehead atoms. The van der Waals surface area contributed by atoms with Gasteiger partial charge in [-0.15, -0.1) is 10.2 Å². The van der Waals surface area contributed by atoms with Crippen molar-refractivity contribution in [2.45, 2.75) is 24.3 Å². The summed E-state index contributed by atoms with van der Waals surface area (Å²) in [5, 5.41) is 11.9. The molecule has 0 fully saturated rings. The zero-order valence-corrected chi connectivity index (χ0v) is 17.7. The molecule has 29 heavy (non-hydrogen) atoms. The van der Waals surface area contributed by atoms with Crippen LogP contribution in [-0.4, -0.2) is 33.0 Å². The summed E-state index contributed by atoms with van der Waals surface area (Å²) in [5.41, 5.74) is 4.64. The molecule has 0 radical (unpaired) electrons. The first kappa shape index (κ1) is 20.8. The van der Waals surface area contributed by atoms with Crippen LogP contribution in [-0.2, 0) is 12.2 Å². The number of methoxy groups -OCH3 is 1. The number of nitrogens with zero attached hydrogens (tertiary/aromatic N) is 3. The molecule has 0 saturated heterocycles. The van der Waals surface area contributed by atoms with Gasteiger partial charge in [0.25, 0.3) is 5.91 Å². The van der Waals surface area contributed by atoms with Crippen molar-refractivity contribution in [1.82, 2.24) is 20.2 Å². The van der Waals surface area contributed by atoms with Gasteiger partial charge in [-0.3, -0.25) is 15.5 Å². The Balaban J connectivity index is 1.67. The summed E-state index contributed by atoms with van der Waals surface area (Å²) in [6, 6.07) is 17.0. The Hall–Kier alpha value is -2.91. The van der Waals surface area contributed by atoms with Gasteiger partial charge in [0.05, 0.1) is 7.11 Å². The number of amides is 1. The third-order valence-electron chi connectivity index (χ3n) is 4.00. The third kappa shape index (κ3) is 5.55. The number of ether oxygens (including phenoxy) is 1. The normalized spacial score (nSPS) is 10.4. The number of aryl methyl sites for hydroxylation is 1. The average molecular weight is 428 g/mol. The lowest BCUT2D eigenvalue weighted by atomic mass is 10.2. The first-order chi connectivity index (χ1) is 14.1. The maximum Gasteiger partial charge on any atom is 0.257 e. The molecule has 3 rings (SSSR count). The number of hydrogen-bond acceptors (Lipinski definition) is 6. The van der Waals surface area contributed by atoms with E-state index in [0.717, 1.165) is 11.6 Å². The van der Waals surface area contributed by atoms with Gasteiger partial charge in [-0.2, -0.15) is 0 Å². The number of carbonyl (C=O) groups is 1. The molecule has 0 atom stereocenters. The van der Waals surface area contributed by atoms with Gasteiger partial charge >= 0.3 is 0 Å². The van der Waals surface area contributed by atoms with Crippen LogP contribution in [0.5, 0.6) is 5.75 Å². The fourth-order valence-corrected chi connectivity index (χ4v) is 3.58. The number of benzene rings is 2. The highest BCUT2D eigenvalue weighted by Crippen LogP contribution is 2.21. The Morgan fingerprint density at radius 2 is 1.97 bits per heavy atom. The van der Waals surface area contributed by atoms with Crippen molar-refractivity contribution in [3.05, 3.63) is 71.5 Å². The lowest BCUT2D eigenvalue weighted by Crippen LogP contribution is -2.38. The van der Waals surface area contributed by atoms with Gasteiger partial charge in [0.15, 0.2) is 10.9 Å². The predicted octanol–water partition coefficient (Wildman–Crippen LogP) is 3.40. The van der Waals surface area contributed by atoms with Crippen molar-refractivity contribution in [2.75, 3.05) is 12.5 Å². The summed E-state index contributed by atoms with van der Waals surface area (Å²) in [4.78, 5) is 12.5. The van der Waals surface area contributed by atoms with Crippen LogP contribution in [0.4, 0.5) is 0 Å². The Morgan fingerprint density at radius 1 is 1.17 bits per heavy atom. The van der Waals surface area contributed by atoms with E-state index in [1.165, 1.54) is 17.3 Å². The molecule has 7 nitrogen and oxygen atoms in total. The van der Waals surface area contributed by atoms with E-state index >= 15 is 0 Å². The maximum absolute atomic E-state index is 12.5. The second-order valence-electron chi connectivity index (χ2n) is 5.99. The fraction of sp³-hybridized carbons (Fsp3) is 0.200. The van der Waals surface area contributed by atoms with E-state index in [1.807, 2.05) is 25.1 Å². The van der Waals surface area contributed by atoms with Gasteiger partial charge < -0.3 is 4.74 Å². The summed E-state index contributed by atoms with van der Waals surface area (Å²) < 4.78 is 6.86. The van der Waals surface area contributed by atoms with E-state index in [4.69, 9.17) is 17.0 Å². The molecule has 3 aromatic rings. The minimum absolute atomic E-state index is 0.161. The summed E-state index contributed by atoms with van der Waals surface area (Å²) in [6.07, 6.45) is 0.665. The number of nitrogens with one attached hydrogen (secondary N) is 2. The van der Waals surface area contributed by atoms with Crippen molar-refractivity contribution in [2.24, 2.45) is 0 Å². The molecule has 9 heteroatoms. The molecular formula is C20H21N5O2S2. The molecule has 0 aliphatic rings. The Bertz CT molecular complexity index is 992. The highest BCUT2D eigenvalue weighted by Gasteiger charge is 2.15. The van der Waals surface area contributed by atoms with Gasteiger partial charge in [0.2, 0.25) is 5.16 Å². The molecule has 1 aromatic heterocycles. The number of carbonyl (C=O) groups excluding carboxylic acids is 1. The molecule has 2 N–H and O–H groups in total. The predicted molar refractivity (Wildman–Crippen MR) is 118 cm³/mol. The Morgan fingerprint density at radius 3 is 2.69 bits per heavy atom. The van der Waals surface area contributed by atoms with Gasteiger partial charge in [-0.05, 0) is 36.0 Å². The van der Waals surface area contributed by atoms with E-state index in [2.05, 4.69) is 33.1 Å². The Kier molecular flexibility index (Phi) is 7.20. The van der Waals surface area contributed by atoms with Crippen LogP contribution in [0, 0.1) is 0 Å². The number of thioether (sulfide) groups is 1. The molecule has 1 heterocycles. The van der Waals surface area contributed by atoms with Gasteiger partial charge in [0, 0.05) is 17.7 Å². The second-order valence-corrected chi connectivity index (χ2v) is 7.34. The summed E-state index contributed by atoms with van der Waals surface area (Å²) in [7, 11) is 1.55. The molecule has 2 aromatic carbocycles. The molecule has 0 saturated carbocycles. The summed E-state index contributed by atoms with van der Waals surface area (Å²) >= 11 is 6.86. The van der Waals surface area contributed by atoms with Gasteiger partial charge in [-0.1, -0.05) is 55.1 Å². The van der Waals surface area contributed by atoms with E-state index in [1.54, 1.807) is 36.1 Å². The second kappa shape index (κ2) is 10.0. The molecule has 0 spiro atoms. The van der Waals surface area contributed by atoms with Crippen molar-refractivity contribution >= 4 is 35.0 Å². The molecular weight excluding hydrogens is 406 g/mol. The number of rotatable bonds is 7. The van der Waals surface area contributed by atoms with Gasteiger partial charge in [0.1, 0.15) is 5.75 Å². The summed E-state index contributed by atoms with van der Waals surface area (Å²) in [5.74, 6) is 1.74. The maximum atomic E-state index is 12.5. The van der Waals surface area contributed by atoms with Crippen LogP contribution >= 0.6 is 24.0 Å². The lowest BCUT2D eigenvalue weighted by molar-refractivity contribution is 0.0977. The van der Waals surface area contributed by atoms with E-state index in [0.29, 0.717) is 22.9 Å². The number of hydrogen-bond donors (Lipinski definition) is 2. The highest BCUT2D eigenvalue weighted by atomic mass is 32.2. The quantitative estimate of drug-likeness (QED) is 0.442. The summed E-state index contributed by atoms with van der Waals surface area (Å²) in [6.45, 7) is 1.98. The van der Waals surface area contributed by atoms with Crippen molar-refractivity contribution in [1.29, 1.82) is 0 Å². The molecule has 0 aliphatic heterocycles. The number of aromatic nitrogens is 3. The number of thiocarbonyl (C=S) groups is 1. The van der Waals surface area contributed by atoms with Crippen LogP contribution in [0.1, 0.15) is 28.7 Å². The van der Waals surface area contributed by atoms with Gasteiger partial charge in [-0.25, -0.2) is 4.68 Å². The average Bonchev–Trinajstić information content (AvgIpc) is 3.14. The van der Waals surface area contributed by atoms with Crippen LogP contribution in [0.15, 0.2) is 59.8 Å². The monoisotopic (exact) mass is 427 g/mol. The first-order valence-corrected chi connectivity index (χ1v) is 10.4. The lowest BCUT2D eigenvalue weighted by Gasteiger charge is -2.14. The van der Waals surface area contributed by atoms with Crippen molar-refractivity contribution in [3.8, 4) is 5.75 Å². The van der Waals surface area contributed by atoms with Crippen LogP contribution in [0.25, 0.3) is 0 Å². The third-order valence-corrected chi connectivity index (χ3v) is 5.19. The van der Waals surface area contributed by atoms with Crippen LogP contribution in [0.2, 0.25) is 0 Å². The van der Waals surface area contributed by atoms with Crippen molar-refractivity contribution in [3.63, 3.8) is 0 Å². The van der Waals surface area contributed by atoms with Crippen LogP contribution < -0.4 is 15.5 Å². The fourth-order valence-electron chi connectivity index (χ4n) is 2.53. The van der Waals surface area contributed by atoms with E-state index < -0.39 is 0 Å². The topological polar surface area (TPSA) is 81.1 Å². The molecule has 150 valence electrons. The Labute approximate surface area is 178 Å².